The summed E-state index contributed by atoms with van der Waals surface area (Å²) in [6.07, 6.45) is 1.87. The van der Waals surface area contributed by atoms with Crippen LogP contribution >= 0.6 is 0 Å². The van der Waals surface area contributed by atoms with Crippen LogP contribution in [-0.2, 0) is 0 Å². The molecule has 18 heavy (non-hydrogen) atoms. The van der Waals surface area contributed by atoms with Crippen LogP contribution in [0.5, 0.6) is 0 Å². The number of aromatic nitrogens is 1. The monoisotopic (exact) mass is 250 g/mol. The summed E-state index contributed by atoms with van der Waals surface area (Å²) in [5.74, 6) is 0.950. The van der Waals surface area contributed by atoms with Gasteiger partial charge >= 0.3 is 0 Å². The number of hydrogen-bond donors (Lipinski definition) is 1. The molecule has 0 aliphatic rings. The highest BCUT2D eigenvalue weighted by Gasteiger charge is 2.14. The molecular weight excluding hydrogens is 224 g/mol. The van der Waals surface area contributed by atoms with Crippen LogP contribution in [0.4, 0.5) is 11.5 Å². The fourth-order valence-electron chi connectivity index (χ4n) is 2.25. The van der Waals surface area contributed by atoms with E-state index in [1.807, 2.05) is 6.20 Å². The highest BCUT2D eigenvalue weighted by molar-refractivity contribution is 5.54. The standard InChI is InChI=1S/C14H26N4/c1-6-15-14-10-13(8-9-16-14)18(7-2)12(3)11-17(4)5/h8-10,12H,6-7,11H2,1-5H3,(H,15,16). The first-order valence-electron chi connectivity index (χ1n) is 6.69. The Labute approximate surface area is 111 Å². The van der Waals surface area contributed by atoms with E-state index in [2.05, 4.69) is 67.1 Å². The van der Waals surface area contributed by atoms with Gasteiger partial charge in [0.05, 0.1) is 0 Å². The second-order valence-corrected chi connectivity index (χ2v) is 4.83. The zero-order chi connectivity index (χ0) is 13.5. The van der Waals surface area contributed by atoms with E-state index in [0.29, 0.717) is 6.04 Å². The second-order valence-electron chi connectivity index (χ2n) is 4.83. The summed E-state index contributed by atoms with van der Waals surface area (Å²) >= 11 is 0. The van der Waals surface area contributed by atoms with Crippen molar-refractivity contribution in [1.29, 1.82) is 0 Å². The average Bonchev–Trinajstić information content (AvgIpc) is 2.30. The van der Waals surface area contributed by atoms with E-state index in [9.17, 15) is 0 Å². The van der Waals surface area contributed by atoms with Crippen molar-refractivity contribution in [3.63, 3.8) is 0 Å². The molecule has 4 nitrogen and oxygen atoms in total. The van der Waals surface area contributed by atoms with Crippen LogP contribution in [0.1, 0.15) is 20.8 Å². The van der Waals surface area contributed by atoms with Crippen LogP contribution in [0.3, 0.4) is 0 Å². The first-order chi connectivity index (χ1) is 8.58. The Kier molecular flexibility index (Phi) is 5.92. The van der Waals surface area contributed by atoms with Crippen LogP contribution in [0, 0.1) is 0 Å². The van der Waals surface area contributed by atoms with E-state index in [1.54, 1.807) is 0 Å². The average molecular weight is 250 g/mol. The number of pyridine rings is 1. The summed E-state index contributed by atoms with van der Waals surface area (Å²) in [7, 11) is 4.22. The van der Waals surface area contributed by atoms with Gasteiger partial charge in [0.1, 0.15) is 5.82 Å². The molecule has 0 radical (unpaired) electrons. The maximum absolute atomic E-state index is 4.32. The maximum atomic E-state index is 4.32. The third-order valence-electron chi connectivity index (χ3n) is 2.94. The SMILES string of the molecule is CCNc1cc(N(CC)C(C)CN(C)C)ccn1. The number of hydrogen-bond acceptors (Lipinski definition) is 4. The quantitative estimate of drug-likeness (QED) is 0.804. The molecule has 1 N–H and O–H groups in total. The lowest BCUT2D eigenvalue weighted by Crippen LogP contribution is -2.40. The van der Waals surface area contributed by atoms with E-state index in [-0.39, 0.29) is 0 Å². The van der Waals surface area contributed by atoms with E-state index in [4.69, 9.17) is 0 Å². The summed E-state index contributed by atoms with van der Waals surface area (Å²) < 4.78 is 0. The minimum absolute atomic E-state index is 0.488. The van der Waals surface area contributed by atoms with Crippen molar-refractivity contribution in [3.8, 4) is 0 Å². The highest BCUT2D eigenvalue weighted by atomic mass is 15.2. The molecule has 0 bridgehead atoms. The fraction of sp³-hybridized carbons (Fsp3) is 0.643. The van der Waals surface area contributed by atoms with Gasteiger partial charge in [-0.1, -0.05) is 0 Å². The van der Waals surface area contributed by atoms with Gasteiger partial charge in [-0.3, -0.25) is 0 Å². The van der Waals surface area contributed by atoms with Crippen LogP contribution in [0.25, 0.3) is 0 Å². The molecule has 0 amide bonds. The van der Waals surface area contributed by atoms with Crippen molar-refractivity contribution in [1.82, 2.24) is 9.88 Å². The lowest BCUT2D eigenvalue weighted by atomic mass is 10.2. The molecule has 0 aromatic carbocycles. The van der Waals surface area contributed by atoms with Gasteiger partial charge in [-0.2, -0.15) is 0 Å². The molecule has 1 aromatic heterocycles. The molecule has 1 unspecified atom stereocenters. The summed E-state index contributed by atoms with van der Waals surface area (Å²) in [6, 6.07) is 4.69. The lowest BCUT2D eigenvalue weighted by molar-refractivity contribution is 0.373. The van der Waals surface area contributed by atoms with Crippen molar-refractivity contribution in [2.24, 2.45) is 0 Å². The minimum Gasteiger partial charge on any atom is -0.370 e. The maximum Gasteiger partial charge on any atom is 0.127 e. The van der Waals surface area contributed by atoms with Crippen molar-refractivity contribution < 1.29 is 0 Å². The summed E-state index contributed by atoms with van der Waals surface area (Å²) in [5.41, 5.74) is 1.23. The van der Waals surface area contributed by atoms with E-state index >= 15 is 0 Å². The first-order valence-corrected chi connectivity index (χ1v) is 6.69. The Bertz CT molecular complexity index is 351. The van der Waals surface area contributed by atoms with Crippen molar-refractivity contribution in [2.75, 3.05) is 43.9 Å². The number of nitrogens with zero attached hydrogens (tertiary/aromatic N) is 3. The largest absolute Gasteiger partial charge is 0.370 e. The van der Waals surface area contributed by atoms with Crippen LogP contribution in [0.2, 0.25) is 0 Å². The Hall–Kier alpha value is -1.29. The van der Waals surface area contributed by atoms with E-state index in [0.717, 1.165) is 25.5 Å². The molecule has 0 aliphatic heterocycles. The fourth-order valence-corrected chi connectivity index (χ4v) is 2.25. The predicted octanol–water partition coefficient (Wildman–Crippen LogP) is 2.29. The number of nitrogens with one attached hydrogen (secondary N) is 1. The summed E-state index contributed by atoms with van der Waals surface area (Å²) in [5, 5.41) is 3.26. The smallest absolute Gasteiger partial charge is 0.127 e. The van der Waals surface area contributed by atoms with Crippen molar-refractivity contribution in [3.05, 3.63) is 18.3 Å². The van der Waals surface area contributed by atoms with Gasteiger partial charge in [-0.25, -0.2) is 4.98 Å². The summed E-state index contributed by atoms with van der Waals surface area (Å²) in [6.45, 7) is 9.49. The molecule has 1 aromatic rings. The summed E-state index contributed by atoms with van der Waals surface area (Å²) in [4.78, 5) is 8.95. The van der Waals surface area contributed by atoms with Crippen molar-refractivity contribution in [2.45, 2.75) is 26.8 Å². The molecule has 0 fully saturated rings. The van der Waals surface area contributed by atoms with Gasteiger partial charge in [-0.05, 0) is 40.9 Å². The van der Waals surface area contributed by atoms with Crippen LogP contribution in [-0.4, -0.2) is 49.7 Å². The van der Waals surface area contributed by atoms with Gasteiger partial charge in [-0.15, -0.1) is 0 Å². The molecule has 1 atom stereocenters. The van der Waals surface area contributed by atoms with Gasteiger partial charge in [0, 0.05) is 43.6 Å². The van der Waals surface area contributed by atoms with Gasteiger partial charge in [0.15, 0.2) is 0 Å². The predicted molar refractivity (Wildman–Crippen MR) is 79.4 cm³/mol. The minimum atomic E-state index is 0.488. The molecule has 0 saturated carbocycles. The van der Waals surface area contributed by atoms with E-state index < -0.39 is 0 Å². The van der Waals surface area contributed by atoms with Crippen LogP contribution < -0.4 is 10.2 Å². The molecule has 1 heterocycles. The molecule has 1 rings (SSSR count). The highest BCUT2D eigenvalue weighted by Crippen LogP contribution is 2.19. The zero-order valence-corrected chi connectivity index (χ0v) is 12.3. The molecule has 0 spiro atoms. The van der Waals surface area contributed by atoms with Crippen LogP contribution in [0.15, 0.2) is 18.3 Å². The second kappa shape index (κ2) is 7.21. The normalized spacial score (nSPS) is 12.6. The molecule has 0 saturated heterocycles. The molecule has 0 aliphatic carbocycles. The number of anilines is 2. The van der Waals surface area contributed by atoms with Crippen molar-refractivity contribution >= 4 is 11.5 Å². The lowest BCUT2D eigenvalue weighted by Gasteiger charge is -2.32. The Morgan fingerprint density at radius 2 is 2.06 bits per heavy atom. The third kappa shape index (κ3) is 4.18. The van der Waals surface area contributed by atoms with Gasteiger partial charge < -0.3 is 15.1 Å². The zero-order valence-electron chi connectivity index (χ0n) is 12.3. The van der Waals surface area contributed by atoms with Gasteiger partial charge in [0.2, 0.25) is 0 Å². The first kappa shape index (κ1) is 14.8. The Morgan fingerprint density at radius 1 is 1.33 bits per heavy atom. The topological polar surface area (TPSA) is 31.4 Å². The van der Waals surface area contributed by atoms with Gasteiger partial charge in [0.25, 0.3) is 0 Å². The number of likely N-dealkylation sites (N-methyl/N-ethyl adjacent to an activating group) is 2. The Morgan fingerprint density at radius 3 is 2.61 bits per heavy atom. The Balaban J connectivity index is 2.83. The molecule has 4 heteroatoms. The van der Waals surface area contributed by atoms with E-state index in [1.165, 1.54) is 5.69 Å². The number of rotatable bonds is 7. The molecular formula is C14H26N4. The third-order valence-corrected chi connectivity index (χ3v) is 2.94. The molecule has 102 valence electrons.